The molecule has 3 nitrogen and oxygen atoms in total. The zero-order valence-electron chi connectivity index (χ0n) is 14.5. The molecule has 0 radical (unpaired) electrons. The molecule has 1 fully saturated rings. The van der Waals surface area contributed by atoms with E-state index in [1.165, 1.54) is 49.0 Å². The fourth-order valence-electron chi connectivity index (χ4n) is 3.95. The van der Waals surface area contributed by atoms with Gasteiger partial charge in [0.1, 0.15) is 11.4 Å². The Morgan fingerprint density at radius 3 is 2.55 bits per heavy atom. The Balaban J connectivity index is 1.89. The summed E-state index contributed by atoms with van der Waals surface area (Å²) in [5.74, 6) is 1.35. The molecule has 0 aromatic heterocycles. The van der Waals surface area contributed by atoms with Crippen LogP contribution in [-0.2, 0) is 0 Å². The highest BCUT2D eigenvalue weighted by Crippen LogP contribution is 2.45. The van der Waals surface area contributed by atoms with Crippen LogP contribution in [0.4, 0.5) is 0 Å². The minimum atomic E-state index is -0.220. The van der Waals surface area contributed by atoms with Crippen LogP contribution in [0.5, 0.6) is 5.75 Å². The normalized spacial score (nSPS) is 28.0. The molecule has 0 bridgehead atoms. The third-order valence-corrected chi connectivity index (χ3v) is 5.66. The van der Waals surface area contributed by atoms with Crippen molar-refractivity contribution in [2.24, 2.45) is 11.7 Å². The molecule has 122 valence electrons. The number of fused-ring (bicyclic) bond motifs is 1. The Hall–Kier alpha value is -1.06. The van der Waals surface area contributed by atoms with Gasteiger partial charge >= 0.3 is 0 Å². The lowest BCUT2D eigenvalue weighted by Crippen LogP contribution is -2.52. The van der Waals surface area contributed by atoms with Crippen LogP contribution in [0.15, 0.2) is 12.1 Å². The van der Waals surface area contributed by atoms with E-state index in [1.807, 2.05) is 0 Å². The van der Waals surface area contributed by atoms with Crippen molar-refractivity contribution in [2.75, 3.05) is 19.6 Å². The Bertz CT molecular complexity index is 547. The van der Waals surface area contributed by atoms with Gasteiger partial charge in [0, 0.05) is 24.1 Å². The zero-order valence-corrected chi connectivity index (χ0v) is 14.5. The second kappa shape index (κ2) is 5.86. The Labute approximate surface area is 134 Å². The van der Waals surface area contributed by atoms with E-state index in [1.54, 1.807) is 0 Å². The first-order valence-corrected chi connectivity index (χ1v) is 8.67. The third-order valence-electron chi connectivity index (χ3n) is 5.66. The summed E-state index contributed by atoms with van der Waals surface area (Å²) in [6.07, 6.45) is 4.00. The van der Waals surface area contributed by atoms with Crippen molar-refractivity contribution in [1.29, 1.82) is 0 Å². The smallest absolute Gasteiger partial charge is 0.128 e. The average Bonchev–Trinajstić information content (AvgIpc) is 2.49. The van der Waals surface area contributed by atoms with Crippen LogP contribution in [0.2, 0.25) is 0 Å². The molecule has 0 spiro atoms. The maximum absolute atomic E-state index is 6.70. The highest BCUT2D eigenvalue weighted by atomic mass is 16.5. The number of nitrogens with two attached hydrogens (primary N) is 1. The number of aryl methyl sites for hydroxylation is 1. The monoisotopic (exact) mass is 302 g/mol. The molecule has 0 amide bonds. The van der Waals surface area contributed by atoms with Crippen molar-refractivity contribution in [3.05, 3.63) is 28.8 Å². The summed E-state index contributed by atoms with van der Waals surface area (Å²) in [4.78, 5) is 2.57. The van der Waals surface area contributed by atoms with Gasteiger partial charge in [-0.3, -0.25) is 0 Å². The van der Waals surface area contributed by atoms with E-state index >= 15 is 0 Å². The van der Waals surface area contributed by atoms with Gasteiger partial charge in [0.2, 0.25) is 0 Å². The van der Waals surface area contributed by atoms with Crippen molar-refractivity contribution in [1.82, 2.24) is 4.90 Å². The summed E-state index contributed by atoms with van der Waals surface area (Å²) in [7, 11) is 0. The molecule has 0 saturated carbocycles. The van der Waals surface area contributed by atoms with E-state index in [-0.39, 0.29) is 11.6 Å². The van der Waals surface area contributed by atoms with Crippen molar-refractivity contribution in [2.45, 2.75) is 58.6 Å². The lowest BCUT2D eigenvalue weighted by atomic mass is 9.77. The molecular formula is C19H30N2O. The molecule has 1 aromatic rings. The minimum absolute atomic E-state index is 0.0555. The largest absolute Gasteiger partial charge is 0.487 e. The highest BCUT2D eigenvalue weighted by Gasteiger charge is 2.43. The lowest BCUT2D eigenvalue weighted by Gasteiger charge is -2.46. The summed E-state index contributed by atoms with van der Waals surface area (Å²) in [6, 6.07) is 4.40. The SMILES string of the molecule is Cc1ccc2c(c1C)OC(C)(C)C(CN1CCCCC1)C2N. The standard InChI is InChI=1S/C19H30N2O/c1-13-8-9-15-17(20)16(12-21-10-6-5-7-11-21)19(3,4)22-18(15)14(13)2/h8-9,16-17H,5-7,10-12,20H2,1-4H3. The maximum atomic E-state index is 6.70. The first kappa shape index (κ1) is 15.8. The van der Waals surface area contributed by atoms with Crippen LogP contribution in [-0.4, -0.2) is 30.1 Å². The van der Waals surface area contributed by atoms with E-state index in [2.05, 4.69) is 44.7 Å². The van der Waals surface area contributed by atoms with Gasteiger partial charge in [-0.25, -0.2) is 0 Å². The molecule has 2 N–H and O–H groups in total. The molecule has 2 aliphatic heterocycles. The molecule has 1 saturated heterocycles. The average molecular weight is 302 g/mol. The van der Waals surface area contributed by atoms with Gasteiger partial charge in [-0.1, -0.05) is 18.6 Å². The van der Waals surface area contributed by atoms with E-state index < -0.39 is 0 Å². The zero-order chi connectivity index (χ0) is 15.9. The number of hydrogen-bond acceptors (Lipinski definition) is 3. The summed E-state index contributed by atoms with van der Waals surface area (Å²) in [6.45, 7) is 12.1. The van der Waals surface area contributed by atoms with Gasteiger partial charge in [0.25, 0.3) is 0 Å². The van der Waals surface area contributed by atoms with E-state index in [4.69, 9.17) is 10.5 Å². The van der Waals surface area contributed by atoms with Crippen molar-refractivity contribution in [3.63, 3.8) is 0 Å². The predicted molar refractivity (Wildman–Crippen MR) is 91.3 cm³/mol. The molecular weight excluding hydrogens is 272 g/mol. The molecule has 2 unspecified atom stereocenters. The predicted octanol–water partition coefficient (Wildman–Crippen LogP) is 3.58. The van der Waals surface area contributed by atoms with Crippen LogP contribution in [0, 0.1) is 19.8 Å². The molecule has 2 aliphatic rings. The van der Waals surface area contributed by atoms with Crippen LogP contribution >= 0.6 is 0 Å². The number of rotatable bonds is 2. The second-order valence-corrected chi connectivity index (χ2v) is 7.62. The van der Waals surface area contributed by atoms with E-state index in [9.17, 15) is 0 Å². The first-order chi connectivity index (χ1) is 10.4. The maximum Gasteiger partial charge on any atom is 0.128 e. The summed E-state index contributed by atoms with van der Waals surface area (Å²) >= 11 is 0. The quantitative estimate of drug-likeness (QED) is 0.907. The summed E-state index contributed by atoms with van der Waals surface area (Å²) < 4.78 is 6.45. The molecule has 0 aliphatic carbocycles. The van der Waals surface area contributed by atoms with Gasteiger partial charge in [0.05, 0.1) is 0 Å². The fraction of sp³-hybridized carbons (Fsp3) is 0.684. The molecule has 2 heterocycles. The minimum Gasteiger partial charge on any atom is -0.487 e. The van der Waals surface area contributed by atoms with Crippen molar-refractivity contribution >= 4 is 0 Å². The number of ether oxygens (including phenoxy) is 1. The Morgan fingerprint density at radius 2 is 1.86 bits per heavy atom. The molecule has 3 rings (SSSR count). The van der Waals surface area contributed by atoms with Crippen LogP contribution < -0.4 is 10.5 Å². The topological polar surface area (TPSA) is 38.5 Å². The summed E-state index contributed by atoms with van der Waals surface area (Å²) in [5, 5.41) is 0. The Morgan fingerprint density at radius 1 is 1.18 bits per heavy atom. The number of likely N-dealkylation sites (tertiary alicyclic amines) is 1. The lowest BCUT2D eigenvalue weighted by molar-refractivity contribution is -0.00974. The van der Waals surface area contributed by atoms with Gasteiger partial charge in [-0.2, -0.15) is 0 Å². The molecule has 22 heavy (non-hydrogen) atoms. The van der Waals surface area contributed by atoms with E-state index in [0.29, 0.717) is 5.92 Å². The van der Waals surface area contributed by atoms with Crippen molar-refractivity contribution < 1.29 is 4.74 Å². The third kappa shape index (κ3) is 2.77. The van der Waals surface area contributed by atoms with Crippen molar-refractivity contribution in [3.8, 4) is 5.75 Å². The number of nitrogens with zero attached hydrogens (tertiary/aromatic N) is 1. The Kier molecular flexibility index (Phi) is 4.21. The number of benzene rings is 1. The number of piperidine rings is 1. The summed E-state index contributed by atoms with van der Waals surface area (Å²) in [5.41, 5.74) is 10.2. The number of hydrogen-bond donors (Lipinski definition) is 1. The van der Waals surface area contributed by atoms with Gasteiger partial charge < -0.3 is 15.4 Å². The van der Waals surface area contributed by atoms with Crippen LogP contribution in [0.25, 0.3) is 0 Å². The second-order valence-electron chi connectivity index (χ2n) is 7.62. The van der Waals surface area contributed by atoms with Crippen LogP contribution in [0.1, 0.15) is 55.8 Å². The fourth-order valence-corrected chi connectivity index (χ4v) is 3.95. The van der Waals surface area contributed by atoms with E-state index in [0.717, 1.165) is 12.3 Å². The van der Waals surface area contributed by atoms with Gasteiger partial charge in [0.15, 0.2) is 0 Å². The molecule has 2 atom stereocenters. The molecule has 1 aromatic carbocycles. The van der Waals surface area contributed by atoms with Gasteiger partial charge in [-0.15, -0.1) is 0 Å². The molecule has 3 heteroatoms. The first-order valence-electron chi connectivity index (χ1n) is 8.67. The van der Waals surface area contributed by atoms with Crippen LogP contribution in [0.3, 0.4) is 0 Å². The highest BCUT2D eigenvalue weighted by molar-refractivity contribution is 5.49. The van der Waals surface area contributed by atoms with Gasteiger partial charge in [-0.05, 0) is 64.8 Å².